The molecule has 0 saturated heterocycles. The molecule has 2 heterocycles. The van der Waals surface area contributed by atoms with Crippen LogP contribution in [0.4, 0.5) is 17.1 Å². The van der Waals surface area contributed by atoms with Gasteiger partial charge in [-0.05, 0) is 96.5 Å². The molecule has 3 aromatic carbocycles. The van der Waals surface area contributed by atoms with Gasteiger partial charge in [0.25, 0.3) is 0 Å². The number of nitrogens with zero attached hydrogens (tertiary/aromatic N) is 1. The minimum atomic E-state index is 1.10. The van der Waals surface area contributed by atoms with Crippen LogP contribution < -0.4 is 4.90 Å². The third-order valence-electron chi connectivity index (χ3n) is 7.03. The van der Waals surface area contributed by atoms with E-state index >= 15 is 0 Å². The van der Waals surface area contributed by atoms with Crippen LogP contribution in [0.25, 0.3) is 20.9 Å². The number of hydrogen-bond acceptors (Lipinski definition) is 3. The Morgan fingerprint density at radius 1 is 0.486 bits per heavy atom. The Balaban J connectivity index is 1.49. The van der Waals surface area contributed by atoms with Crippen molar-refractivity contribution in [1.29, 1.82) is 0 Å². The zero-order valence-corrected chi connectivity index (χ0v) is 23.9. The monoisotopic (exact) mass is 521 g/mol. The van der Waals surface area contributed by atoms with E-state index in [-0.39, 0.29) is 0 Å². The Kier molecular flexibility index (Phi) is 7.93. The summed E-state index contributed by atoms with van der Waals surface area (Å²) in [5, 5.41) is 0. The molecule has 0 fully saturated rings. The van der Waals surface area contributed by atoms with Gasteiger partial charge in [-0.2, -0.15) is 0 Å². The maximum Gasteiger partial charge on any atom is 0.0462 e. The fourth-order valence-corrected chi connectivity index (χ4v) is 7.39. The number of rotatable bonds is 9. The molecule has 0 saturated carbocycles. The predicted molar refractivity (Wildman–Crippen MR) is 165 cm³/mol. The van der Waals surface area contributed by atoms with Crippen molar-refractivity contribution < 1.29 is 0 Å². The molecule has 5 rings (SSSR count). The summed E-state index contributed by atoms with van der Waals surface area (Å²) in [6, 6.07) is 33.5. The first kappa shape index (κ1) is 25.5. The van der Waals surface area contributed by atoms with E-state index < -0.39 is 0 Å². The molecule has 188 valence electrons. The van der Waals surface area contributed by atoms with Crippen molar-refractivity contribution >= 4 is 39.7 Å². The van der Waals surface area contributed by atoms with Crippen molar-refractivity contribution in [3.63, 3.8) is 0 Å². The highest BCUT2D eigenvalue weighted by Crippen LogP contribution is 2.39. The number of aryl methyl sites for hydroxylation is 4. The Morgan fingerprint density at radius 3 is 1.24 bits per heavy atom. The molecule has 0 aliphatic carbocycles. The molecule has 0 radical (unpaired) electrons. The SMILES string of the molecule is CCc1cc(-c2ccc(N(c3ccccc3)c3ccc(-c4cc(CC)c(CC)s4)cc3)cc2)sc1CC. The summed E-state index contributed by atoms with van der Waals surface area (Å²) in [6.07, 6.45) is 4.41. The van der Waals surface area contributed by atoms with E-state index in [0.717, 1.165) is 25.7 Å². The number of hydrogen-bond donors (Lipinski definition) is 0. The van der Waals surface area contributed by atoms with Crippen molar-refractivity contribution in [2.24, 2.45) is 0 Å². The fraction of sp³-hybridized carbons (Fsp3) is 0.235. The van der Waals surface area contributed by atoms with Crippen LogP contribution in [-0.4, -0.2) is 0 Å². The van der Waals surface area contributed by atoms with E-state index in [0.29, 0.717) is 0 Å². The van der Waals surface area contributed by atoms with Crippen molar-refractivity contribution in [3.05, 3.63) is 112 Å². The molecule has 0 N–H and O–H groups in total. The topological polar surface area (TPSA) is 3.24 Å². The molecule has 0 aliphatic heterocycles. The van der Waals surface area contributed by atoms with Gasteiger partial charge in [0.2, 0.25) is 0 Å². The third-order valence-corrected chi connectivity index (χ3v) is 9.77. The van der Waals surface area contributed by atoms with Crippen LogP contribution in [-0.2, 0) is 25.7 Å². The lowest BCUT2D eigenvalue weighted by Crippen LogP contribution is -2.09. The highest BCUT2D eigenvalue weighted by molar-refractivity contribution is 7.16. The summed E-state index contributed by atoms with van der Waals surface area (Å²) in [4.78, 5) is 8.10. The summed E-state index contributed by atoms with van der Waals surface area (Å²) in [5.41, 5.74) is 9.07. The molecule has 0 atom stereocenters. The molecule has 37 heavy (non-hydrogen) atoms. The van der Waals surface area contributed by atoms with Gasteiger partial charge in [-0.3, -0.25) is 0 Å². The summed E-state index contributed by atoms with van der Waals surface area (Å²) in [7, 11) is 0. The molecular formula is C34H35NS2. The molecule has 5 aromatic rings. The molecular weight excluding hydrogens is 487 g/mol. The van der Waals surface area contributed by atoms with E-state index in [2.05, 4.69) is 124 Å². The van der Waals surface area contributed by atoms with E-state index in [9.17, 15) is 0 Å². The summed E-state index contributed by atoms with van der Waals surface area (Å²) in [6.45, 7) is 9.01. The fourth-order valence-electron chi connectivity index (χ4n) is 4.99. The lowest BCUT2D eigenvalue weighted by Gasteiger charge is -2.25. The first-order valence-corrected chi connectivity index (χ1v) is 15.1. The van der Waals surface area contributed by atoms with Gasteiger partial charge in [0, 0.05) is 36.6 Å². The molecule has 0 aliphatic rings. The zero-order valence-electron chi connectivity index (χ0n) is 22.3. The summed E-state index contributed by atoms with van der Waals surface area (Å²) < 4.78 is 0. The molecule has 0 bridgehead atoms. The van der Waals surface area contributed by atoms with Crippen LogP contribution in [0.1, 0.15) is 48.6 Å². The first-order chi connectivity index (χ1) is 18.1. The number of thiophene rings is 2. The smallest absolute Gasteiger partial charge is 0.0462 e. The summed E-state index contributed by atoms with van der Waals surface area (Å²) in [5.74, 6) is 0. The first-order valence-electron chi connectivity index (χ1n) is 13.4. The Labute approximate surface area is 230 Å². The second-order valence-corrected chi connectivity index (χ2v) is 11.6. The van der Waals surface area contributed by atoms with Gasteiger partial charge in [-0.25, -0.2) is 0 Å². The molecule has 3 heteroatoms. The summed E-state index contributed by atoms with van der Waals surface area (Å²) >= 11 is 3.87. The van der Waals surface area contributed by atoms with Gasteiger partial charge in [-0.1, -0.05) is 70.2 Å². The van der Waals surface area contributed by atoms with Crippen LogP contribution in [0, 0.1) is 0 Å². The van der Waals surface area contributed by atoms with Gasteiger partial charge in [-0.15, -0.1) is 22.7 Å². The minimum Gasteiger partial charge on any atom is -0.311 e. The lowest BCUT2D eigenvalue weighted by atomic mass is 10.1. The number of anilines is 3. The van der Waals surface area contributed by atoms with Gasteiger partial charge in [0.1, 0.15) is 0 Å². The van der Waals surface area contributed by atoms with Crippen LogP contribution in [0.2, 0.25) is 0 Å². The second-order valence-electron chi connectivity index (χ2n) is 9.30. The third kappa shape index (κ3) is 5.30. The maximum atomic E-state index is 2.38. The van der Waals surface area contributed by atoms with Gasteiger partial charge >= 0.3 is 0 Å². The van der Waals surface area contributed by atoms with E-state index in [1.807, 2.05) is 22.7 Å². The number of benzene rings is 3. The second kappa shape index (κ2) is 11.5. The van der Waals surface area contributed by atoms with Gasteiger partial charge in [0.15, 0.2) is 0 Å². The molecule has 0 unspecified atom stereocenters. The molecule has 0 amide bonds. The normalized spacial score (nSPS) is 11.1. The van der Waals surface area contributed by atoms with Crippen molar-refractivity contribution in [3.8, 4) is 20.9 Å². The Bertz CT molecular complexity index is 1300. The predicted octanol–water partition coefficient (Wildman–Crippen LogP) is 10.9. The lowest BCUT2D eigenvalue weighted by molar-refractivity contribution is 1.07. The van der Waals surface area contributed by atoms with Crippen LogP contribution in [0.3, 0.4) is 0 Å². The number of para-hydroxylation sites is 1. The van der Waals surface area contributed by atoms with Crippen molar-refractivity contribution in [2.75, 3.05) is 4.90 Å². The average Bonchev–Trinajstić information content (AvgIpc) is 3.58. The van der Waals surface area contributed by atoms with Gasteiger partial charge < -0.3 is 4.90 Å². The van der Waals surface area contributed by atoms with Crippen LogP contribution in [0.15, 0.2) is 91.0 Å². The van der Waals surface area contributed by atoms with Crippen LogP contribution in [0.5, 0.6) is 0 Å². The molecule has 0 spiro atoms. The maximum absolute atomic E-state index is 2.38. The standard InChI is InChI=1S/C34H35NS2/c1-5-24-22-33(36-31(24)7-3)26-14-18-29(19-15-26)35(28-12-10-9-11-13-28)30-20-16-27(17-21-30)34-23-25(6-2)32(8-4)37-34/h9-23H,5-8H2,1-4H3. The van der Waals surface area contributed by atoms with Crippen molar-refractivity contribution in [2.45, 2.75) is 53.4 Å². The average molecular weight is 522 g/mol. The zero-order chi connectivity index (χ0) is 25.8. The van der Waals surface area contributed by atoms with E-state index in [4.69, 9.17) is 0 Å². The Hall–Kier alpha value is -3.14. The van der Waals surface area contributed by atoms with E-state index in [1.54, 1.807) is 0 Å². The minimum absolute atomic E-state index is 1.10. The largest absolute Gasteiger partial charge is 0.311 e. The highest BCUT2D eigenvalue weighted by Gasteiger charge is 2.15. The van der Waals surface area contributed by atoms with E-state index in [1.165, 1.54) is 58.8 Å². The Morgan fingerprint density at radius 2 is 0.892 bits per heavy atom. The van der Waals surface area contributed by atoms with Crippen molar-refractivity contribution in [1.82, 2.24) is 0 Å². The molecule has 2 aromatic heterocycles. The highest BCUT2D eigenvalue weighted by atomic mass is 32.1. The van der Waals surface area contributed by atoms with Gasteiger partial charge in [0.05, 0.1) is 0 Å². The van der Waals surface area contributed by atoms with Crippen LogP contribution >= 0.6 is 22.7 Å². The quantitative estimate of drug-likeness (QED) is 0.186. The molecule has 1 nitrogen and oxygen atoms in total.